The summed E-state index contributed by atoms with van der Waals surface area (Å²) in [5, 5.41) is 15.0. The number of benzene rings is 2. The van der Waals surface area contributed by atoms with E-state index >= 15 is 0 Å². The Morgan fingerprint density at radius 1 is 1.16 bits per heavy atom. The number of aliphatic hydroxyl groups excluding tert-OH is 1. The second kappa shape index (κ2) is 9.69. The van der Waals surface area contributed by atoms with E-state index in [4.69, 9.17) is 4.74 Å². The number of carbonyl (C=O) groups is 1. The van der Waals surface area contributed by atoms with E-state index in [0.717, 1.165) is 41.0 Å². The van der Waals surface area contributed by atoms with Crippen LogP contribution in [0.4, 0.5) is 10.5 Å². The fraction of sp³-hybridized carbons (Fsp3) is 0.350. The van der Waals surface area contributed by atoms with Crippen molar-refractivity contribution in [3.63, 3.8) is 0 Å². The van der Waals surface area contributed by atoms with Crippen molar-refractivity contribution in [3.05, 3.63) is 59.2 Å². The van der Waals surface area contributed by atoms with Gasteiger partial charge in [0.2, 0.25) is 0 Å². The van der Waals surface area contributed by atoms with Crippen LogP contribution >= 0.6 is 0 Å². The number of amides is 2. The average molecular weight is 342 g/mol. The van der Waals surface area contributed by atoms with E-state index in [-0.39, 0.29) is 12.6 Å². The van der Waals surface area contributed by atoms with Crippen LogP contribution in [0.5, 0.6) is 5.75 Å². The Hall–Kier alpha value is -2.53. The van der Waals surface area contributed by atoms with E-state index in [9.17, 15) is 9.90 Å². The zero-order valence-electron chi connectivity index (χ0n) is 14.8. The largest absolute Gasteiger partial charge is 0.494 e. The Balaban J connectivity index is 1.89. The summed E-state index contributed by atoms with van der Waals surface area (Å²) in [5.41, 5.74) is 3.40. The maximum absolute atomic E-state index is 12.1. The second-order valence-corrected chi connectivity index (χ2v) is 5.91. The average Bonchev–Trinajstić information content (AvgIpc) is 2.62. The fourth-order valence-corrected chi connectivity index (χ4v) is 2.43. The van der Waals surface area contributed by atoms with Gasteiger partial charge in [0.15, 0.2) is 0 Å². The number of urea groups is 1. The van der Waals surface area contributed by atoms with Crippen LogP contribution in [-0.4, -0.2) is 17.7 Å². The topological polar surface area (TPSA) is 70.6 Å². The smallest absolute Gasteiger partial charge is 0.319 e. The van der Waals surface area contributed by atoms with Crippen LogP contribution in [-0.2, 0) is 13.2 Å². The molecule has 0 heterocycles. The number of rotatable bonds is 8. The first-order valence-electron chi connectivity index (χ1n) is 8.60. The van der Waals surface area contributed by atoms with Gasteiger partial charge >= 0.3 is 6.03 Å². The first kappa shape index (κ1) is 18.8. The molecule has 3 N–H and O–H groups in total. The quantitative estimate of drug-likeness (QED) is 0.635. The lowest BCUT2D eigenvalue weighted by molar-refractivity contribution is 0.251. The van der Waals surface area contributed by atoms with Crippen LogP contribution in [0.25, 0.3) is 0 Å². The molecular weight excluding hydrogens is 316 g/mol. The molecule has 2 aromatic rings. The number of hydrogen-bond acceptors (Lipinski definition) is 3. The van der Waals surface area contributed by atoms with Crippen molar-refractivity contribution in [1.82, 2.24) is 5.32 Å². The zero-order chi connectivity index (χ0) is 18.1. The van der Waals surface area contributed by atoms with Gasteiger partial charge in [0.25, 0.3) is 0 Å². The van der Waals surface area contributed by atoms with Crippen molar-refractivity contribution < 1.29 is 14.6 Å². The minimum atomic E-state index is -0.282. The number of aliphatic hydroxyl groups is 1. The molecule has 0 bridgehead atoms. The van der Waals surface area contributed by atoms with Crippen molar-refractivity contribution in [3.8, 4) is 5.75 Å². The summed E-state index contributed by atoms with van der Waals surface area (Å²) in [6.07, 6.45) is 2.12. The molecule has 0 saturated carbocycles. The molecule has 0 aliphatic carbocycles. The fourth-order valence-electron chi connectivity index (χ4n) is 2.43. The lowest BCUT2D eigenvalue weighted by Crippen LogP contribution is -2.28. The van der Waals surface area contributed by atoms with Gasteiger partial charge in [-0.25, -0.2) is 4.79 Å². The SMILES string of the molecule is CCCCOc1ccc(NC(=O)NCc2ccccc2CO)c(C)c1. The third-order valence-electron chi connectivity index (χ3n) is 3.94. The highest BCUT2D eigenvalue weighted by molar-refractivity contribution is 5.90. The number of anilines is 1. The predicted molar refractivity (Wildman–Crippen MR) is 99.8 cm³/mol. The summed E-state index contributed by atoms with van der Waals surface area (Å²) in [7, 11) is 0. The zero-order valence-corrected chi connectivity index (χ0v) is 14.8. The Morgan fingerprint density at radius 2 is 1.92 bits per heavy atom. The van der Waals surface area contributed by atoms with Gasteiger partial charge in [0, 0.05) is 12.2 Å². The molecule has 134 valence electrons. The van der Waals surface area contributed by atoms with E-state index in [1.54, 1.807) is 0 Å². The first-order chi connectivity index (χ1) is 12.1. The number of unbranched alkanes of at least 4 members (excludes halogenated alkanes) is 1. The Kier molecular flexibility index (Phi) is 7.29. The van der Waals surface area contributed by atoms with E-state index in [2.05, 4.69) is 17.6 Å². The molecule has 5 heteroatoms. The van der Waals surface area contributed by atoms with Gasteiger partial charge in [-0.1, -0.05) is 37.6 Å². The predicted octanol–water partition coefficient (Wildman–Crippen LogP) is 3.99. The maximum Gasteiger partial charge on any atom is 0.319 e. The molecule has 0 aliphatic heterocycles. The summed E-state index contributed by atoms with van der Waals surface area (Å²) < 4.78 is 5.67. The van der Waals surface area contributed by atoms with Crippen molar-refractivity contribution in [2.75, 3.05) is 11.9 Å². The van der Waals surface area contributed by atoms with E-state index in [1.165, 1.54) is 0 Å². The Bertz CT molecular complexity index is 701. The van der Waals surface area contributed by atoms with Crippen LogP contribution in [0.1, 0.15) is 36.5 Å². The summed E-state index contributed by atoms with van der Waals surface area (Å²) in [6, 6.07) is 12.8. The van der Waals surface area contributed by atoms with Crippen molar-refractivity contribution in [1.29, 1.82) is 0 Å². The summed E-state index contributed by atoms with van der Waals surface area (Å²) in [5.74, 6) is 0.814. The minimum Gasteiger partial charge on any atom is -0.494 e. The van der Waals surface area contributed by atoms with Gasteiger partial charge in [-0.3, -0.25) is 0 Å². The third-order valence-corrected chi connectivity index (χ3v) is 3.94. The normalized spacial score (nSPS) is 10.4. The Morgan fingerprint density at radius 3 is 2.60 bits per heavy atom. The highest BCUT2D eigenvalue weighted by atomic mass is 16.5. The highest BCUT2D eigenvalue weighted by Crippen LogP contribution is 2.21. The van der Waals surface area contributed by atoms with Crippen LogP contribution in [0.15, 0.2) is 42.5 Å². The molecule has 0 aromatic heterocycles. The standard InChI is InChI=1S/C20H26N2O3/c1-3-4-11-25-18-9-10-19(15(2)12-18)22-20(24)21-13-16-7-5-6-8-17(16)14-23/h5-10,12,23H,3-4,11,13-14H2,1-2H3,(H2,21,22,24). The molecule has 2 aromatic carbocycles. The minimum absolute atomic E-state index is 0.0436. The molecule has 0 fully saturated rings. The molecule has 2 rings (SSSR count). The number of nitrogens with one attached hydrogen (secondary N) is 2. The summed E-state index contributed by atoms with van der Waals surface area (Å²) in [6.45, 7) is 5.08. The van der Waals surface area contributed by atoms with E-state index in [1.807, 2.05) is 49.4 Å². The molecule has 5 nitrogen and oxygen atoms in total. The van der Waals surface area contributed by atoms with Crippen molar-refractivity contribution in [2.24, 2.45) is 0 Å². The molecule has 0 aliphatic rings. The van der Waals surface area contributed by atoms with Crippen LogP contribution in [0.2, 0.25) is 0 Å². The molecule has 2 amide bonds. The third kappa shape index (κ3) is 5.80. The van der Waals surface area contributed by atoms with Crippen molar-refractivity contribution >= 4 is 11.7 Å². The molecule has 0 unspecified atom stereocenters. The highest BCUT2D eigenvalue weighted by Gasteiger charge is 2.07. The maximum atomic E-state index is 12.1. The number of hydrogen-bond donors (Lipinski definition) is 3. The molecule has 0 spiro atoms. The second-order valence-electron chi connectivity index (χ2n) is 5.91. The van der Waals surface area contributed by atoms with E-state index < -0.39 is 0 Å². The molecule has 25 heavy (non-hydrogen) atoms. The molecule has 0 radical (unpaired) electrons. The van der Waals surface area contributed by atoms with Gasteiger partial charge in [0.05, 0.1) is 13.2 Å². The summed E-state index contributed by atoms with van der Waals surface area (Å²) in [4.78, 5) is 12.1. The van der Waals surface area contributed by atoms with Gasteiger partial charge in [-0.05, 0) is 48.2 Å². The molecular formula is C20H26N2O3. The van der Waals surface area contributed by atoms with Gasteiger partial charge in [-0.2, -0.15) is 0 Å². The number of aryl methyl sites for hydroxylation is 1. The Labute approximate surface area is 149 Å². The summed E-state index contributed by atoms with van der Waals surface area (Å²) >= 11 is 0. The van der Waals surface area contributed by atoms with Gasteiger partial charge in [-0.15, -0.1) is 0 Å². The first-order valence-corrected chi connectivity index (χ1v) is 8.60. The van der Waals surface area contributed by atoms with Gasteiger partial charge in [0.1, 0.15) is 5.75 Å². The monoisotopic (exact) mass is 342 g/mol. The van der Waals surface area contributed by atoms with Crippen LogP contribution < -0.4 is 15.4 Å². The lowest BCUT2D eigenvalue weighted by atomic mass is 10.1. The number of ether oxygens (including phenoxy) is 1. The lowest BCUT2D eigenvalue weighted by Gasteiger charge is -2.13. The van der Waals surface area contributed by atoms with Crippen LogP contribution in [0.3, 0.4) is 0 Å². The van der Waals surface area contributed by atoms with Crippen molar-refractivity contribution in [2.45, 2.75) is 39.8 Å². The molecule has 0 atom stereocenters. The van der Waals surface area contributed by atoms with E-state index in [0.29, 0.717) is 13.2 Å². The molecule has 0 saturated heterocycles. The van der Waals surface area contributed by atoms with Gasteiger partial charge < -0.3 is 20.5 Å². The number of carbonyl (C=O) groups excluding carboxylic acids is 1. The van der Waals surface area contributed by atoms with Crippen LogP contribution in [0, 0.1) is 6.92 Å².